The van der Waals surface area contributed by atoms with Crippen molar-refractivity contribution in [3.63, 3.8) is 0 Å². The number of thiazole rings is 1. The summed E-state index contributed by atoms with van der Waals surface area (Å²) in [5.74, 6) is 0.0196. The zero-order valence-corrected chi connectivity index (χ0v) is 14.0. The summed E-state index contributed by atoms with van der Waals surface area (Å²) in [7, 11) is 0. The maximum absolute atomic E-state index is 12.4. The summed E-state index contributed by atoms with van der Waals surface area (Å²) in [4.78, 5) is 16.9. The van der Waals surface area contributed by atoms with Crippen LogP contribution in [0.15, 0.2) is 35.7 Å². The van der Waals surface area contributed by atoms with E-state index >= 15 is 0 Å². The Labute approximate surface area is 140 Å². The highest BCUT2D eigenvalue weighted by atomic mass is 32.1. The second-order valence-corrected chi connectivity index (χ2v) is 6.74. The molecule has 1 amide bonds. The van der Waals surface area contributed by atoms with Crippen LogP contribution in [-0.4, -0.2) is 24.0 Å². The summed E-state index contributed by atoms with van der Waals surface area (Å²) < 4.78 is 0. The lowest BCUT2D eigenvalue weighted by molar-refractivity contribution is -0.124. The Kier molecular flexibility index (Phi) is 5.38. The van der Waals surface area contributed by atoms with E-state index in [1.807, 2.05) is 25.1 Å². The molecule has 0 saturated carbocycles. The first-order valence-electron chi connectivity index (χ1n) is 7.96. The van der Waals surface area contributed by atoms with Gasteiger partial charge in [-0.25, -0.2) is 10.4 Å². The van der Waals surface area contributed by atoms with E-state index in [-0.39, 0.29) is 17.9 Å². The van der Waals surface area contributed by atoms with Gasteiger partial charge in [0, 0.05) is 30.6 Å². The molecule has 2 unspecified atom stereocenters. The van der Waals surface area contributed by atoms with Crippen LogP contribution in [0.3, 0.4) is 0 Å². The van der Waals surface area contributed by atoms with Gasteiger partial charge < -0.3 is 5.32 Å². The van der Waals surface area contributed by atoms with Gasteiger partial charge in [-0.1, -0.05) is 30.3 Å². The molecule has 2 aromatic rings. The van der Waals surface area contributed by atoms with Crippen LogP contribution in [0, 0.1) is 12.8 Å². The molecule has 1 fully saturated rings. The van der Waals surface area contributed by atoms with Crippen LogP contribution < -0.4 is 16.2 Å². The van der Waals surface area contributed by atoms with Crippen LogP contribution in [0.1, 0.15) is 28.7 Å². The fourth-order valence-electron chi connectivity index (χ4n) is 2.82. The molecule has 2 atom stereocenters. The Morgan fingerprint density at radius 2 is 2.22 bits per heavy atom. The van der Waals surface area contributed by atoms with Gasteiger partial charge >= 0.3 is 0 Å². The van der Waals surface area contributed by atoms with Crippen molar-refractivity contribution in [2.24, 2.45) is 5.92 Å². The quantitative estimate of drug-likeness (QED) is 0.709. The third kappa shape index (κ3) is 4.16. The van der Waals surface area contributed by atoms with Gasteiger partial charge in [0.2, 0.25) is 5.91 Å². The lowest BCUT2D eigenvalue weighted by Crippen LogP contribution is -2.35. The van der Waals surface area contributed by atoms with Crippen LogP contribution in [0.4, 0.5) is 0 Å². The molecule has 1 aromatic carbocycles. The molecule has 2 heterocycles. The van der Waals surface area contributed by atoms with Gasteiger partial charge in [0.1, 0.15) is 0 Å². The number of aromatic nitrogens is 1. The van der Waals surface area contributed by atoms with Crippen molar-refractivity contribution in [1.82, 2.24) is 21.2 Å². The average Bonchev–Trinajstić information content (AvgIpc) is 3.21. The van der Waals surface area contributed by atoms with Gasteiger partial charge in [-0.3, -0.25) is 10.2 Å². The number of carbonyl (C=O) groups is 1. The zero-order chi connectivity index (χ0) is 16.1. The Hall–Kier alpha value is -1.76. The molecule has 1 aliphatic rings. The topological polar surface area (TPSA) is 66.1 Å². The minimum absolute atomic E-state index is 0.0258. The van der Waals surface area contributed by atoms with E-state index in [0.29, 0.717) is 13.1 Å². The van der Waals surface area contributed by atoms with Crippen molar-refractivity contribution in [2.45, 2.75) is 25.8 Å². The Morgan fingerprint density at radius 1 is 1.39 bits per heavy atom. The van der Waals surface area contributed by atoms with Gasteiger partial charge in [0.15, 0.2) is 0 Å². The molecule has 1 saturated heterocycles. The van der Waals surface area contributed by atoms with E-state index in [1.165, 1.54) is 0 Å². The predicted octanol–water partition coefficient (Wildman–Crippen LogP) is 1.97. The Morgan fingerprint density at radius 3 is 2.96 bits per heavy atom. The Bertz CT molecular complexity index is 643. The minimum Gasteiger partial charge on any atom is -0.356 e. The van der Waals surface area contributed by atoms with Crippen LogP contribution >= 0.6 is 11.3 Å². The van der Waals surface area contributed by atoms with Gasteiger partial charge in [0.05, 0.1) is 17.0 Å². The molecule has 3 N–H and O–H groups in total. The third-order valence-corrected chi connectivity index (χ3v) is 5.04. The van der Waals surface area contributed by atoms with E-state index < -0.39 is 0 Å². The van der Waals surface area contributed by atoms with E-state index in [1.54, 1.807) is 11.3 Å². The zero-order valence-electron chi connectivity index (χ0n) is 13.2. The van der Waals surface area contributed by atoms with Crippen molar-refractivity contribution in [3.05, 3.63) is 52.0 Å². The largest absolute Gasteiger partial charge is 0.356 e. The number of hydrogen-bond donors (Lipinski definition) is 3. The van der Waals surface area contributed by atoms with Crippen molar-refractivity contribution < 1.29 is 4.79 Å². The number of nitrogens with one attached hydrogen (secondary N) is 3. The Balaban J connectivity index is 1.47. The molecule has 5 nitrogen and oxygen atoms in total. The number of rotatable bonds is 6. The number of hydrogen-bond acceptors (Lipinski definition) is 5. The smallest absolute Gasteiger partial charge is 0.226 e. The van der Waals surface area contributed by atoms with Crippen LogP contribution in [-0.2, 0) is 11.2 Å². The monoisotopic (exact) mass is 330 g/mol. The third-order valence-electron chi connectivity index (χ3n) is 4.01. The van der Waals surface area contributed by atoms with Gasteiger partial charge in [-0.15, -0.1) is 11.3 Å². The summed E-state index contributed by atoms with van der Waals surface area (Å²) in [5, 5.41) is 6.26. The number of nitrogens with zero attached hydrogens (tertiary/aromatic N) is 1. The molecule has 23 heavy (non-hydrogen) atoms. The van der Waals surface area contributed by atoms with Crippen LogP contribution in [0.25, 0.3) is 0 Å². The molecule has 122 valence electrons. The molecule has 1 aliphatic heterocycles. The van der Waals surface area contributed by atoms with Gasteiger partial charge in [-0.05, 0) is 18.9 Å². The normalized spacial score (nSPS) is 20.6. The summed E-state index contributed by atoms with van der Waals surface area (Å²) >= 11 is 1.69. The number of amides is 1. The molecule has 6 heteroatoms. The first kappa shape index (κ1) is 16.1. The van der Waals surface area contributed by atoms with Crippen molar-refractivity contribution in [1.29, 1.82) is 0 Å². The molecule has 0 aliphatic carbocycles. The second kappa shape index (κ2) is 7.68. The van der Waals surface area contributed by atoms with Crippen LogP contribution in [0.2, 0.25) is 0 Å². The standard InChI is InChI=1S/C17H22N4OS/c1-12-11-23-15(20-12)8-5-9-18-17(22)14-10-19-21-16(14)13-6-3-2-4-7-13/h2-4,6-7,11,14,16,19,21H,5,8-10H2,1H3,(H,18,22). The number of benzene rings is 1. The SMILES string of the molecule is Cc1csc(CCCNC(=O)C2CNNC2c2ccccc2)n1. The average molecular weight is 330 g/mol. The summed E-state index contributed by atoms with van der Waals surface area (Å²) in [5.41, 5.74) is 8.51. The van der Waals surface area contributed by atoms with Gasteiger partial charge in [0.25, 0.3) is 0 Å². The predicted molar refractivity (Wildman–Crippen MR) is 92.0 cm³/mol. The van der Waals surface area contributed by atoms with Crippen molar-refractivity contribution in [2.75, 3.05) is 13.1 Å². The lowest BCUT2D eigenvalue weighted by Gasteiger charge is -2.18. The molecular formula is C17H22N4OS. The summed E-state index contributed by atoms with van der Waals surface area (Å²) in [6.45, 7) is 3.35. The van der Waals surface area contributed by atoms with Crippen LogP contribution in [0.5, 0.6) is 0 Å². The maximum atomic E-state index is 12.4. The molecule has 0 bridgehead atoms. The minimum atomic E-state index is -0.0838. The maximum Gasteiger partial charge on any atom is 0.226 e. The number of aryl methyl sites for hydroxylation is 2. The van der Waals surface area contributed by atoms with Crippen molar-refractivity contribution in [3.8, 4) is 0 Å². The number of carbonyl (C=O) groups excluding carboxylic acids is 1. The van der Waals surface area contributed by atoms with E-state index in [2.05, 4.69) is 38.7 Å². The highest BCUT2D eigenvalue weighted by Gasteiger charge is 2.33. The summed E-state index contributed by atoms with van der Waals surface area (Å²) in [6.07, 6.45) is 1.84. The fourth-order valence-corrected chi connectivity index (χ4v) is 3.64. The fraction of sp³-hybridized carbons (Fsp3) is 0.412. The molecule has 0 radical (unpaired) electrons. The van der Waals surface area contributed by atoms with E-state index in [0.717, 1.165) is 29.1 Å². The molecular weight excluding hydrogens is 308 g/mol. The second-order valence-electron chi connectivity index (χ2n) is 5.80. The molecule has 0 spiro atoms. The number of hydrazine groups is 1. The molecule has 3 rings (SSSR count). The van der Waals surface area contributed by atoms with Crippen molar-refractivity contribution >= 4 is 17.2 Å². The summed E-state index contributed by atoms with van der Waals surface area (Å²) in [6, 6.07) is 10.1. The first-order chi connectivity index (χ1) is 11.2. The molecule has 1 aromatic heterocycles. The lowest BCUT2D eigenvalue weighted by atomic mass is 9.94. The first-order valence-corrected chi connectivity index (χ1v) is 8.84. The van der Waals surface area contributed by atoms with E-state index in [4.69, 9.17) is 0 Å². The van der Waals surface area contributed by atoms with Gasteiger partial charge in [-0.2, -0.15) is 0 Å². The highest BCUT2D eigenvalue weighted by Crippen LogP contribution is 2.24. The highest BCUT2D eigenvalue weighted by molar-refractivity contribution is 7.09. The van der Waals surface area contributed by atoms with E-state index in [9.17, 15) is 4.79 Å².